The summed E-state index contributed by atoms with van der Waals surface area (Å²) in [6.07, 6.45) is 1.78. The lowest BCUT2D eigenvalue weighted by molar-refractivity contribution is -0.107. The van der Waals surface area contributed by atoms with Gasteiger partial charge in [-0.1, -0.05) is 36.9 Å². The van der Waals surface area contributed by atoms with Gasteiger partial charge in [-0.05, 0) is 29.7 Å². The normalized spacial score (nSPS) is 17.1. The van der Waals surface area contributed by atoms with Crippen LogP contribution in [0.1, 0.15) is 12.5 Å². The lowest BCUT2D eigenvalue weighted by atomic mass is 10.2. The second-order valence-corrected chi connectivity index (χ2v) is 5.94. The van der Waals surface area contributed by atoms with Crippen molar-refractivity contribution in [1.82, 2.24) is 0 Å². The largest absolute Gasteiger partial charge is 0.496 e. The zero-order chi connectivity index (χ0) is 13.0. The van der Waals surface area contributed by atoms with Crippen molar-refractivity contribution in [3.63, 3.8) is 0 Å². The van der Waals surface area contributed by atoms with Gasteiger partial charge in [-0.25, -0.2) is 4.99 Å². The van der Waals surface area contributed by atoms with E-state index in [4.69, 9.17) is 4.74 Å². The van der Waals surface area contributed by atoms with E-state index in [-0.39, 0.29) is 5.12 Å². The van der Waals surface area contributed by atoms with Crippen molar-refractivity contribution in [3.8, 4) is 5.75 Å². The Kier molecular flexibility index (Phi) is 4.49. The first-order chi connectivity index (χ1) is 8.74. The minimum atomic E-state index is -0.00291. The predicted octanol–water partition coefficient (Wildman–Crippen LogP) is 3.42. The molecular weight excluding hydrogens is 266 g/mol. The van der Waals surface area contributed by atoms with Crippen LogP contribution >= 0.6 is 23.5 Å². The van der Waals surface area contributed by atoms with Gasteiger partial charge in [0.2, 0.25) is 5.12 Å². The molecule has 0 aliphatic carbocycles. The summed E-state index contributed by atoms with van der Waals surface area (Å²) in [7, 11) is 1.62. The molecule has 0 bridgehead atoms. The lowest BCUT2D eigenvalue weighted by Gasteiger charge is -2.03. The summed E-state index contributed by atoms with van der Waals surface area (Å²) in [4.78, 5) is 16.1. The summed E-state index contributed by atoms with van der Waals surface area (Å²) >= 11 is 2.78. The van der Waals surface area contributed by atoms with Gasteiger partial charge in [-0.3, -0.25) is 4.79 Å². The predicted molar refractivity (Wildman–Crippen MR) is 79.1 cm³/mol. The van der Waals surface area contributed by atoms with E-state index in [9.17, 15) is 4.79 Å². The summed E-state index contributed by atoms with van der Waals surface area (Å²) in [6.45, 7) is 2.04. The van der Waals surface area contributed by atoms with E-state index in [0.29, 0.717) is 5.70 Å². The van der Waals surface area contributed by atoms with Crippen molar-refractivity contribution in [3.05, 3.63) is 35.5 Å². The first-order valence-electron chi connectivity index (χ1n) is 5.53. The van der Waals surface area contributed by atoms with E-state index in [2.05, 4.69) is 4.99 Å². The highest BCUT2D eigenvalue weighted by Gasteiger charge is 2.22. The van der Waals surface area contributed by atoms with Gasteiger partial charge in [0.1, 0.15) is 15.8 Å². The average Bonchev–Trinajstić information content (AvgIpc) is 2.71. The number of benzene rings is 1. The molecule has 0 saturated heterocycles. The third-order valence-electron chi connectivity index (χ3n) is 2.30. The summed E-state index contributed by atoms with van der Waals surface area (Å²) in [5.41, 5.74) is 1.36. The van der Waals surface area contributed by atoms with Crippen LogP contribution < -0.4 is 4.74 Å². The summed E-state index contributed by atoms with van der Waals surface area (Å²) < 4.78 is 6.07. The molecule has 2 rings (SSSR count). The molecule has 5 heteroatoms. The second kappa shape index (κ2) is 6.11. The maximum Gasteiger partial charge on any atom is 0.244 e. The Hall–Kier alpha value is -1.20. The van der Waals surface area contributed by atoms with Crippen molar-refractivity contribution in [2.24, 2.45) is 4.99 Å². The molecule has 0 saturated carbocycles. The molecule has 1 aromatic rings. The standard InChI is InChI=1S/C13H13NO2S2/c1-3-17-13-14-10(12(15)18-13)8-9-6-4-5-7-11(9)16-2/h4-8H,3H2,1-2H3. The van der Waals surface area contributed by atoms with Crippen LogP contribution in [0.3, 0.4) is 0 Å². The van der Waals surface area contributed by atoms with Gasteiger partial charge in [-0.2, -0.15) is 0 Å². The first-order valence-corrected chi connectivity index (χ1v) is 7.33. The summed E-state index contributed by atoms with van der Waals surface area (Å²) in [5, 5.41) is -0.00291. The summed E-state index contributed by atoms with van der Waals surface area (Å²) in [6, 6.07) is 7.58. The van der Waals surface area contributed by atoms with Crippen LogP contribution in [0.5, 0.6) is 5.75 Å². The molecule has 1 heterocycles. The lowest BCUT2D eigenvalue weighted by Crippen LogP contribution is -1.90. The molecule has 0 radical (unpaired) electrons. The molecule has 18 heavy (non-hydrogen) atoms. The van der Waals surface area contributed by atoms with Crippen LogP contribution in [0.15, 0.2) is 35.0 Å². The molecule has 1 aromatic carbocycles. The minimum absolute atomic E-state index is 0.00291. The fraction of sp³-hybridized carbons (Fsp3) is 0.231. The van der Waals surface area contributed by atoms with E-state index in [1.807, 2.05) is 31.2 Å². The molecule has 0 unspecified atom stereocenters. The highest BCUT2D eigenvalue weighted by Crippen LogP contribution is 2.32. The van der Waals surface area contributed by atoms with Gasteiger partial charge >= 0.3 is 0 Å². The van der Waals surface area contributed by atoms with Crippen LogP contribution in [-0.4, -0.2) is 22.4 Å². The molecule has 1 aliphatic heterocycles. The van der Waals surface area contributed by atoms with Crippen molar-refractivity contribution >= 4 is 39.1 Å². The number of carbonyl (C=O) groups excluding carboxylic acids is 1. The Morgan fingerprint density at radius 1 is 1.44 bits per heavy atom. The van der Waals surface area contributed by atoms with Crippen molar-refractivity contribution in [2.75, 3.05) is 12.9 Å². The van der Waals surface area contributed by atoms with Gasteiger partial charge < -0.3 is 4.74 Å². The number of thioether (sulfide) groups is 2. The molecule has 0 spiro atoms. The molecular formula is C13H13NO2S2. The molecule has 0 atom stereocenters. The number of hydrogen-bond acceptors (Lipinski definition) is 5. The van der Waals surface area contributed by atoms with E-state index in [1.165, 1.54) is 11.8 Å². The monoisotopic (exact) mass is 279 g/mol. The fourth-order valence-corrected chi connectivity index (χ4v) is 3.25. The van der Waals surface area contributed by atoms with E-state index in [0.717, 1.165) is 21.4 Å². The van der Waals surface area contributed by atoms with Crippen molar-refractivity contribution in [1.29, 1.82) is 0 Å². The topological polar surface area (TPSA) is 38.7 Å². The zero-order valence-corrected chi connectivity index (χ0v) is 11.8. The fourth-order valence-electron chi connectivity index (χ4n) is 1.51. The number of carbonyl (C=O) groups is 1. The maximum absolute atomic E-state index is 11.8. The minimum Gasteiger partial charge on any atom is -0.496 e. The Balaban J connectivity index is 2.30. The number of rotatable bonds is 3. The number of aliphatic imine (C=N–C) groups is 1. The Morgan fingerprint density at radius 3 is 2.94 bits per heavy atom. The number of para-hydroxylation sites is 1. The van der Waals surface area contributed by atoms with Gasteiger partial charge in [0.05, 0.1) is 7.11 Å². The van der Waals surface area contributed by atoms with Crippen LogP contribution in [0.2, 0.25) is 0 Å². The number of nitrogens with zero attached hydrogens (tertiary/aromatic N) is 1. The van der Waals surface area contributed by atoms with Gasteiger partial charge in [0.15, 0.2) is 0 Å². The Morgan fingerprint density at radius 2 is 2.22 bits per heavy atom. The zero-order valence-electron chi connectivity index (χ0n) is 10.2. The molecule has 0 N–H and O–H groups in total. The Bertz CT molecular complexity index is 523. The van der Waals surface area contributed by atoms with Crippen LogP contribution in [-0.2, 0) is 4.79 Å². The van der Waals surface area contributed by atoms with Crippen LogP contribution in [0.25, 0.3) is 6.08 Å². The maximum atomic E-state index is 11.8. The number of hydrogen-bond donors (Lipinski definition) is 0. The van der Waals surface area contributed by atoms with E-state index in [1.54, 1.807) is 24.9 Å². The molecule has 0 amide bonds. The summed E-state index contributed by atoms with van der Waals surface area (Å²) in [5.74, 6) is 1.66. The van der Waals surface area contributed by atoms with Crippen molar-refractivity contribution in [2.45, 2.75) is 6.92 Å². The third kappa shape index (κ3) is 2.97. The molecule has 3 nitrogen and oxygen atoms in total. The van der Waals surface area contributed by atoms with E-state index >= 15 is 0 Å². The smallest absolute Gasteiger partial charge is 0.244 e. The average molecular weight is 279 g/mol. The molecule has 0 aromatic heterocycles. The molecule has 94 valence electrons. The third-order valence-corrected chi connectivity index (χ3v) is 4.19. The Labute approximate surface area is 115 Å². The molecule has 0 fully saturated rings. The highest BCUT2D eigenvalue weighted by atomic mass is 32.2. The van der Waals surface area contributed by atoms with Gasteiger partial charge in [0, 0.05) is 5.56 Å². The van der Waals surface area contributed by atoms with Gasteiger partial charge in [-0.15, -0.1) is 0 Å². The number of methoxy groups -OCH3 is 1. The molecule has 1 aliphatic rings. The highest BCUT2D eigenvalue weighted by molar-refractivity contribution is 8.45. The van der Waals surface area contributed by atoms with E-state index < -0.39 is 0 Å². The van der Waals surface area contributed by atoms with Crippen molar-refractivity contribution < 1.29 is 9.53 Å². The van der Waals surface area contributed by atoms with Gasteiger partial charge in [0.25, 0.3) is 0 Å². The second-order valence-electron chi connectivity index (χ2n) is 3.47. The first kappa shape index (κ1) is 13.2. The number of ether oxygens (including phenoxy) is 1. The van der Waals surface area contributed by atoms with Crippen LogP contribution in [0, 0.1) is 0 Å². The quantitative estimate of drug-likeness (QED) is 0.795. The van der Waals surface area contributed by atoms with Crippen LogP contribution in [0.4, 0.5) is 0 Å². The SMILES string of the molecule is CCSC1=NC(=Cc2ccccc2OC)C(=O)S1.